The predicted molar refractivity (Wildman–Crippen MR) is 85.6 cm³/mol. The molecule has 1 atom stereocenters. The van der Waals surface area contributed by atoms with Crippen molar-refractivity contribution in [1.29, 1.82) is 0 Å². The molecule has 0 N–H and O–H groups in total. The van der Waals surface area contributed by atoms with E-state index in [1.54, 1.807) is 23.3 Å². The monoisotopic (exact) mass is 314 g/mol. The van der Waals surface area contributed by atoms with Crippen molar-refractivity contribution in [2.45, 2.75) is 25.4 Å². The van der Waals surface area contributed by atoms with Gasteiger partial charge in [0.05, 0.1) is 23.5 Å². The molecule has 2 aromatic heterocycles. The zero-order valence-electron chi connectivity index (χ0n) is 13.8. The van der Waals surface area contributed by atoms with Gasteiger partial charge in [-0.15, -0.1) is 0 Å². The molecule has 0 spiro atoms. The van der Waals surface area contributed by atoms with E-state index in [0.29, 0.717) is 5.56 Å². The van der Waals surface area contributed by atoms with Crippen LogP contribution in [0.4, 0.5) is 0 Å². The van der Waals surface area contributed by atoms with Crippen LogP contribution in [0.3, 0.4) is 0 Å². The average molecular weight is 314 g/mol. The van der Waals surface area contributed by atoms with Gasteiger partial charge in [-0.05, 0) is 33.0 Å². The van der Waals surface area contributed by atoms with Crippen LogP contribution in [-0.4, -0.2) is 56.1 Å². The van der Waals surface area contributed by atoms with Crippen LogP contribution in [0, 0.1) is 0 Å². The van der Waals surface area contributed by atoms with Crippen LogP contribution in [0.1, 0.15) is 40.8 Å². The number of aryl methyl sites for hydroxylation is 1. The molecule has 7 nitrogen and oxygen atoms in total. The van der Waals surface area contributed by atoms with E-state index < -0.39 is 0 Å². The van der Waals surface area contributed by atoms with Crippen molar-refractivity contribution >= 4 is 5.91 Å². The average Bonchev–Trinajstić information content (AvgIpc) is 3.15. The zero-order chi connectivity index (χ0) is 16.4. The fourth-order valence-electron chi connectivity index (χ4n) is 2.96. The molecule has 0 bridgehead atoms. The largest absolute Gasteiger partial charge is 0.328 e. The summed E-state index contributed by atoms with van der Waals surface area (Å²) in [4.78, 5) is 25.7. The predicted octanol–water partition coefficient (Wildman–Crippen LogP) is 1.25. The molecule has 0 aromatic carbocycles. The van der Waals surface area contributed by atoms with Crippen molar-refractivity contribution in [2.75, 3.05) is 20.6 Å². The summed E-state index contributed by atoms with van der Waals surface area (Å²) >= 11 is 0. The number of carbonyl (C=O) groups excluding carboxylic acids is 1. The Morgan fingerprint density at radius 3 is 2.96 bits per heavy atom. The molecule has 0 saturated carbocycles. The van der Waals surface area contributed by atoms with Crippen molar-refractivity contribution in [2.24, 2.45) is 7.05 Å². The van der Waals surface area contributed by atoms with Gasteiger partial charge in [-0.2, -0.15) is 5.10 Å². The number of nitrogens with zero attached hydrogens (tertiary/aromatic N) is 6. The molecule has 7 heteroatoms. The van der Waals surface area contributed by atoms with E-state index in [9.17, 15) is 4.79 Å². The van der Waals surface area contributed by atoms with Crippen LogP contribution in [0.15, 0.2) is 24.7 Å². The van der Waals surface area contributed by atoms with Crippen LogP contribution in [-0.2, 0) is 13.6 Å². The van der Waals surface area contributed by atoms with E-state index in [-0.39, 0.29) is 11.9 Å². The van der Waals surface area contributed by atoms with Crippen LogP contribution in [0.5, 0.6) is 0 Å². The lowest BCUT2D eigenvalue weighted by Gasteiger charge is -2.23. The summed E-state index contributed by atoms with van der Waals surface area (Å²) in [6, 6.07) is 1.87. The first-order valence-electron chi connectivity index (χ1n) is 7.81. The van der Waals surface area contributed by atoms with Crippen molar-refractivity contribution < 1.29 is 4.79 Å². The quantitative estimate of drug-likeness (QED) is 0.849. The number of carbonyl (C=O) groups is 1. The van der Waals surface area contributed by atoms with Gasteiger partial charge >= 0.3 is 0 Å². The number of hydrogen-bond acceptors (Lipinski definition) is 5. The first-order chi connectivity index (χ1) is 11.0. The smallest absolute Gasteiger partial charge is 0.257 e. The molecule has 122 valence electrons. The summed E-state index contributed by atoms with van der Waals surface area (Å²) in [5, 5.41) is 4.09. The third kappa shape index (κ3) is 3.39. The lowest BCUT2D eigenvalue weighted by molar-refractivity contribution is 0.0729. The molecule has 1 fully saturated rings. The summed E-state index contributed by atoms with van der Waals surface area (Å²) < 4.78 is 1.65. The maximum Gasteiger partial charge on any atom is 0.257 e. The van der Waals surface area contributed by atoms with E-state index in [2.05, 4.69) is 20.0 Å². The Balaban J connectivity index is 1.82. The van der Waals surface area contributed by atoms with Crippen LogP contribution >= 0.6 is 0 Å². The fraction of sp³-hybridized carbons (Fsp3) is 0.500. The van der Waals surface area contributed by atoms with Crippen LogP contribution in [0.2, 0.25) is 0 Å². The number of aromatic nitrogens is 4. The maximum atomic E-state index is 12.7. The summed E-state index contributed by atoms with van der Waals surface area (Å²) in [6.07, 6.45) is 7.02. The fourth-order valence-corrected chi connectivity index (χ4v) is 2.96. The highest BCUT2D eigenvalue weighted by molar-refractivity contribution is 5.94. The van der Waals surface area contributed by atoms with Gasteiger partial charge in [-0.25, -0.2) is 9.97 Å². The molecule has 23 heavy (non-hydrogen) atoms. The Kier molecular flexibility index (Phi) is 4.38. The number of rotatable bonds is 4. The summed E-state index contributed by atoms with van der Waals surface area (Å²) in [6.45, 7) is 1.50. The highest BCUT2D eigenvalue weighted by Gasteiger charge is 2.33. The SMILES string of the molecule is CN(C)Cc1ccnc(C2CCCN2C(=O)c2cnn(C)c2)n1. The Hall–Kier alpha value is -2.28. The van der Waals surface area contributed by atoms with Crippen LogP contribution in [0.25, 0.3) is 0 Å². The van der Waals surface area contributed by atoms with Gasteiger partial charge in [0.1, 0.15) is 0 Å². The minimum Gasteiger partial charge on any atom is -0.328 e. The van der Waals surface area contributed by atoms with Gasteiger partial charge in [0.25, 0.3) is 5.91 Å². The summed E-state index contributed by atoms with van der Waals surface area (Å²) in [7, 11) is 5.83. The zero-order valence-corrected chi connectivity index (χ0v) is 13.8. The van der Waals surface area contributed by atoms with Gasteiger partial charge in [0.2, 0.25) is 0 Å². The van der Waals surface area contributed by atoms with Gasteiger partial charge in [-0.1, -0.05) is 0 Å². The molecular weight excluding hydrogens is 292 g/mol. The first-order valence-corrected chi connectivity index (χ1v) is 7.81. The molecule has 2 aromatic rings. The van der Waals surface area contributed by atoms with Crippen molar-refractivity contribution in [1.82, 2.24) is 29.5 Å². The minimum absolute atomic E-state index is 0.00205. The van der Waals surface area contributed by atoms with E-state index in [1.807, 2.05) is 32.1 Å². The minimum atomic E-state index is -0.0511. The highest BCUT2D eigenvalue weighted by atomic mass is 16.2. The second-order valence-electron chi connectivity index (χ2n) is 6.20. The standard InChI is InChI=1S/C16H22N6O/c1-20(2)11-13-6-7-17-15(19-13)14-5-4-8-22(14)16(23)12-9-18-21(3)10-12/h6-7,9-10,14H,4-5,8,11H2,1-3H3. The Morgan fingerprint density at radius 2 is 2.26 bits per heavy atom. The van der Waals surface area contributed by atoms with Gasteiger partial charge in [-0.3, -0.25) is 9.48 Å². The lowest BCUT2D eigenvalue weighted by Crippen LogP contribution is -2.31. The van der Waals surface area contributed by atoms with E-state index in [0.717, 1.165) is 37.4 Å². The highest BCUT2D eigenvalue weighted by Crippen LogP contribution is 2.31. The van der Waals surface area contributed by atoms with E-state index in [1.165, 1.54) is 0 Å². The maximum absolute atomic E-state index is 12.7. The molecule has 1 aliphatic heterocycles. The van der Waals surface area contributed by atoms with Gasteiger partial charge in [0, 0.05) is 32.5 Å². The molecule has 1 saturated heterocycles. The summed E-state index contributed by atoms with van der Waals surface area (Å²) in [5.41, 5.74) is 1.59. The van der Waals surface area contributed by atoms with Crippen molar-refractivity contribution in [3.63, 3.8) is 0 Å². The molecule has 0 aliphatic carbocycles. The molecule has 1 amide bonds. The van der Waals surface area contributed by atoms with Crippen molar-refractivity contribution in [3.05, 3.63) is 41.7 Å². The molecule has 0 radical (unpaired) electrons. The second-order valence-corrected chi connectivity index (χ2v) is 6.20. The van der Waals surface area contributed by atoms with E-state index in [4.69, 9.17) is 0 Å². The Labute approximate surface area is 135 Å². The second kappa shape index (κ2) is 6.45. The number of hydrogen-bond donors (Lipinski definition) is 0. The topological polar surface area (TPSA) is 67.2 Å². The molecular formula is C16H22N6O. The Morgan fingerprint density at radius 1 is 1.43 bits per heavy atom. The molecule has 1 aliphatic rings. The number of amides is 1. The number of likely N-dealkylation sites (tertiary alicyclic amines) is 1. The van der Waals surface area contributed by atoms with Gasteiger partial charge < -0.3 is 9.80 Å². The van der Waals surface area contributed by atoms with Crippen molar-refractivity contribution in [3.8, 4) is 0 Å². The summed E-state index contributed by atoms with van der Waals surface area (Å²) in [5.74, 6) is 0.737. The Bertz CT molecular complexity index is 695. The molecule has 1 unspecified atom stereocenters. The van der Waals surface area contributed by atoms with E-state index >= 15 is 0 Å². The normalized spacial score (nSPS) is 17.9. The molecule has 3 rings (SSSR count). The molecule has 3 heterocycles. The first kappa shape index (κ1) is 15.6. The third-order valence-corrected chi connectivity index (χ3v) is 3.97. The lowest BCUT2D eigenvalue weighted by atomic mass is 10.2. The third-order valence-electron chi connectivity index (χ3n) is 3.97. The van der Waals surface area contributed by atoms with Gasteiger partial charge in [0.15, 0.2) is 5.82 Å². The van der Waals surface area contributed by atoms with Crippen LogP contribution < -0.4 is 0 Å².